The van der Waals surface area contributed by atoms with Gasteiger partial charge < -0.3 is 5.11 Å². The topological polar surface area (TPSA) is 86.4 Å². The normalized spacial score (nSPS) is 11.2. The van der Waals surface area contributed by atoms with Crippen LogP contribution in [-0.4, -0.2) is 17.2 Å². The molecule has 0 unspecified atom stereocenters. The lowest BCUT2D eigenvalue weighted by molar-refractivity contribution is 0.0955. The Kier molecular flexibility index (Phi) is 6.14. The van der Waals surface area contributed by atoms with Crippen LogP contribution in [0.5, 0.6) is 5.75 Å². The smallest absolute Gasteiger partial charge is 0.271 e. The summed E-state index contributed by atoms with van der Waals surface area (Å²) in [6.07, 6.45) is 1.34. The number of amides is 1. The molecule has 0 bridgehead atoms. The molecule has 0 aromatic heterocycles. The first-order chi connectivity index (χ1) is 13.5. The maximum Gasteiger partial charge on any atom is 0.271 e. The van der Waals surface area contributed by atoms with Gasteiger partial charge in [0.25, 0.3) is 5.91 Å². The van der Waals surface area contributed by atoms with E-state index < -0.39 is 5.91 Å². The van der Waals surface area contributed by atoms with Gasteiger partial charge in [0.15, 0.2) is 0 Å². The molecule has 0 saturated carbocycles. The SMILES string of the molecule is Cc1ccc(C(=O)N/N=C/c2cc(N=Nc3ccccc3)ccc2O)cc1Cl. The fourth-order valence-corrected chi connectivity index (χ4v) is 2.46. The van der Waals surface area contributed by atoms with Crippen molar-refractivity contribution in [3.63, 3.8) is 0 Å². The third-order valence-electron chi connectivity index (χ3n) is 3.85. The maximum atomic E-state index is 12.1. The summed E-state index contributed by atoms with van der Waals surface area (Å²) in [6, 6.07) is 19.0. The molecule has 0 aliphatic heterocycles. The maximum absolute atomic E-state index is 12.1. The Balaban J connectivity index is 1.70. The zero-order valence-electron chi connectivity index (χ0n) is 15.0. The quantitative estimate of drug-likeness (QED) is 0.339. The zero-order valence-corrected chi connectivity index (χ0v) is 15.8. The summed E-state index contributed by atoms with van der Waals surface area (Å²) in [4.78, 5) is 12.1. The molecule has 3 aromatic carbocycles. The average molecular weight is 393 g/mol. The number of azo groups is 1. The number of rotatable bonds is 5. The number of nitrogens with zero attached hydrogens (tertiary/aromatic N) is 3. The number of hydrazone groups is 1. The zero-order chi connectivity index (χ0) is 19.9. The number of carbonyl (C=O) groups is 1. The Morgan fingerprint density at radius 3 is 2.50 bits per heavy atom. The van der Waals surface area contributed by atoms with Crippen molar-refractivity contribution in [1.29, 1.82) is 0 Å². The van der Waals surface area contributed by atoms with E-state index >= 15 is 0 Å². The average Bonchev–Trinajstić information content (AvgIpc) is 2.71. The molecule has 1 amide bonds. The number of hydrogen-bond acceptors (Lipinski definition) is 5. The van der Waals surface area contributed by atoms with Crippen molar-refractivity contribution in [3.05, 3.63) is 88.4 Å². The highest BCUT2D eigenvalue weighted by atomic mass is 35.5. The van der Waals surface area contributed by atoms with Crippen LogP contribution in [-0.2, 0) is 0 Å². The highest BCUT2D eigenvalue weighted by Crippen LogP contribution is 2.24. The van der Waals surface area contributed by atoms with E-state index in [2.05, 4.69) is 20.8 Å². The monoisotopic (exact) mass is 392 g/mol. The number of phenolic OH excluding ortho intramolecular Hbond substituents is 1. The van der Waals surface area contributed by atoms with E-state index in [1.165, 1.54) is 12.3 Å². The molecule has 0 aliphatic rings. The Morgan fingerprint density at radius 1 is 1.00 bits per heavy atom. The molecule has 7 heteroatoms. The lowest BCUT2D eigenvalue weighted by atomic mass is 10.1. The first-order valence-electron chi connectivity index (χ1n) is 8.42. The third kappa shape index (κ3) is 5.02. The third-order valence-corrected chi connectivity index (χ3v) is 4.26. The molecule has 0 heterocycles. The highest BCUT2D eigenvalue weighted by molar-refractivity contribution is 6.31. The predicted molar refractivity (Wildman–Crippen MR) is 110 cm³/mol. The minimum atomic E-state index is -0.405. The van der Waals surface area contributed by atoms with E-state index in [4.69, 9.17) is 11.6 Å². The van der Waals surface area contributed by atoms with E-state index in [0.29, 0.717) is 21.8 Å². The van der Waals surface area contributed by atoms with Crippen LogP contribution in [0.1, 0.15) is 21.5 Å². The molecule has 0 radical (unpaired) electrons. The van der Waals surface area contributed by atoms with Crippen molar-refractivity contribution in [3.8, 4) is 5.75 Å². The molecule has 140 valence electrons. The fraction of sp³-hybridized carbons (Fsp3) is 0.0476. The van der Waals surface area contributed by atoms with Crippen molar-refractivity contribution in [2.75, 3.05) is 0 Å². The van der Waals surface area contributed by atoms with Gasteiger partial charge in [0, 0.05) is 16.1 Å². The lowest BCUT2D eigenvalue weighted by Crippen LogP contribution is -2.17. The number of benzene rings is 3. The standard InChI is InChI=1S/C21H17ClN4O2/c1-14-7-8-15(12-19(14)22)21(28)26-23-13-16-11-18(9-10-20(16)27)25-24-17-5-3-2-4-6-17/h2-13,27H,1H3,(H,26,28)/b23-13+,25-24?. The summed E-state index contributed by atoms with van der Waals surface area (Å²) in [5.74, 6) is -0.396. The number of hydrogen-bond donors (Lipinski definition) is 2. The minimum absolute atomic E-state index is 0.00930. The molecular weight excluding hydrogens is 376 g/mol. The number of phenols is 1. The van der Waals surface area contributed by atoms with E-state index in [0.717, 1.165) is 11.3 Å². The molecule has 3 aromatic rings. The van der Waals surface area contributed by atoms with Crippen molar-refractivity contribution in [2.24, 2.45) is 15.3 Å². The van der Waals surface area contributed by atoms with Gasteiger partial charge >= 0.3 is 0 Å². The van der Waals surface area contributed by atoms with E-state index in [-0.39, 0.29) is 5.75 Å². The van der Waals surface area contributed by atoms with Crippen molar-refractivity contribution < 1.29 is 9.90 Å². The van der Waals surface area contributed by atoms with Crippen molar-refractivity contribution in [1.82, 2.24) is 5.43 Å². The van der Waals surface area contributed by atoms with Crippen molar-refractivity contribution in [2.45, 2.75) is 6.92 Å². The van der Waals surface area contributed by atoms with Gasteiger partial charge in [0.1, 0.15) is 5.75 Å². The summed E-state index contributed by atoms with van der Waals surface area (Å²) in [5.41, 5.74) is 5.33. The second-order valence-corrected chi connectivity index (χ2v) is 6.35. The number of nitrogens with one attached hydrogen (secondary N) is 1. The van der Waals surface area contributed by atoms with Gasteiger partial charge in [0.05, 0.1) is 17.6 Å². The summed E-state index contributed by atoms with van der Waals surface area (Å²) in [7, 11) is 0. The Hall–Kier alpha value is -3.51. The van der Waals surface area contributed by atoms with Crippen LogP contribution in [0.3, 0.4) is 0 Å². The van der Waals surface area contributed by atoms with E-state index in [9.17, 15) is 9.90 Å². The minimum Gasteiger partial charge on any atom is -0.507 e. The van der Waals surface area contributed by atoms with Gasteiger partial charge in [-0.1, -0.05) is 35.9 Å². The fourth-order valence-electron chi connectivity index (χ4n) is 2.28. The molecule has 0 aliphatic carbocycles. The van der Waals surface area contributed by atoms with Crippen LogP contribution < -0.4 is 5.43 Å². The molecule has 28 heavy (non-hydrogen) atoms. The Morgan fingerprint density at radius 2 is 1.75 bits per heavy atom. The van der Waals surface area contributed by atoms with Crippen molar-refractivity contribution >= 4 is 35.1 Å². The molecule has 2 N–H and O–H groups in total. The first-order valence-corrected chi connectivity index (χ1v) is 8.80. The molecule has 0 atom stereocenters. The largest absolute Gasteiger partial charge is 0.507 e. The molecule has 6 nitrogen and oxygen atoms in total. The number of aromatic hydroxyl groups is 1. The molecule has 0 fully saturated rings. The molecule has 0 spiro atoms. The first kappa shape index (κ1) is 19.3. The van der Waals surface area contributed by atoms with Gasteiger partial charge in [-0.3, -0.25) is 4.79 Å². The lowest BCUT2D eigenvalue weighted by Gasteiger charge is -2.03. The van der Waals surface area contributed by atoms with Gasteiger partial charge in [-0.25, -0.2) is 5.43 Å². The van der Waals surface area contributed by atoms with Gasteiger partial charge in [-0.05, 0) is 55.0 Å². The second kappa shape index (κ2) is 8.92. The predicted octanol–water partition coefficient (Wildman–Crippen LogP) is 5.53. The van der Waals surface area contributed by atoms with E-state index in [1.54, 1.807) is 30.3 Å². The number of carbonyl (C=O) groups excluding carboxylic acids is 1. The van der Waals surface area contributed by atoms with Gasteiger partial charge in [-0.15, -0.1) is 0 Å². The molecule has 0 saturated heterocycles. The van der Waals surface area contributed by atoms with Gasteiger partial charge in [0.2, 0.25) is 0 Å². The summed E-state index contributed by atoms with van der Waals surface area (Å²) < 4.78 is 0. The number of aryl methyl sites for hydroxylation is 1. The summed E-state index contributed by atoms with van der Waals surface area (Å²) >= 11 is 6.03. The van der Waals surface area contributed by atoms with Crippen LogP contribution in [0, 0.1) is 6.92 Å². The van der Waals surface area contributed by atoms with Crippen LogP contribution in [0.25, 0.3) is 0 Å². The van der Waals surface area contributed by atoms with Gasteiger partial charge in [-0.2, -0.15) is 15.3 Å². The summed E-state index contributed by atoms with van der Waals surface area (Å²) in [5, 5.41) is 22.6. The van der Waals surface area contributed by atoms with E-state index in [1.807, 2.05) is 37.3 Å². The molecular formula is C21H17ClN4O2. The number of halogens is 1. The Labute approximate surface area is 167 Å². The summed E-state index contributed by atoms with van der Waals surface area (Å²) in [6.45, 7) is 1.85. The highest BCUT2D eigenvalue weighted by Gasteiger charge is 2.06. The molecule has 3 rings (SSSR count). The Bertz CT molecular complexity index is 1050. The van der Waals surface area contributed by atoms with Crippen LogP contribution in [0.4, 0.5) is 11.4 Å². The van der Waals surface area contributed by atoms with Crippen LogP contribution in [0.2, 0.25) is 5.02 Å². The van der Waals surface area contributed by atoms with Crippen LogP contribution >= 0.6 is 11.6 Å². The van der Waals surface area contributed by atoms with Crippen LogP contribution in [0.15, 0.2) is 82.1 Å². The second-order valence-electron chi connectivity index (χ2n) is 5.94.